The maximum absolute atomic E-state index is 12.1. The molecule has 0 N–H and O–H groups in total. The summed E-state index contributed by atoms with van der Waals surface area (Å²) in [5.74, 6) is -0.699. The number of aromatic nitrogens is 1. The van der Waals surface area contributed by atoms with Crippen LogP contribution in [0.5, 0.6) is 17.6 Å². The van der Waals surface area contributed by atoms with Crippen LogP contribution in [0.25, 0.3) is 11.1 Å². The van der Waals surface area contributed by atoms with Crippen LogP contribution in [0.4, 0.5) is 0 Å². The fourth-order valence-corrected chi connectivity index (χ4v) is 2.63. The number of ether oxygens (including phenoxy) is 2. The van der Waals surface area contributed by atoms with E-state index in [0.717, 1.165) is 0 Å². The van der Waals surface area contributed by atoms with Crippen molar-refractivity contribution in [3.8, 4) is 23.8 Å². The third-order valence-electron chi connectivity index (χ3n) is 3.97. The molecule has 1 aromatic heterocycles. The summed E-state index contributed by atoms with van der Waals surface area (Å²) in [4.78, 5) is 32.8. The zero-order valence-electron chi connectivity index (χ0n) is 16.7. The summed E-state index contributed by atoms with van der Waals surface area (Å²) in [5, 5.41) is 9.84. The Morgan fingerprint density at radius 1 is 1.23 bits per heavy atom. The van der Waals surface area contributed by atoms with Crippen LogP contribution in [-0.2, 0) is 14.4 Å². The summed E-state index contributed by atoms with van der Waals surface area (Å²) in [6.45, 7) is 3.21. The minimum absolute atomic E-state index is 0.0521. The number of amides is 1. The van der Waals surface area contributed by atoms with Gasteiger partial charge in [-0.15, -0.1) is 0 Å². The second kappa shape index (κ2) is 9.82. The Balaban J connectivity index is 1.58. The molecular formula is C21H18ClN3O6. The van der Waals surface area contributed by atoms with E-state index in [0.29, 0.717) is 39.1 Å². The smallest absolute Gasteiger partial charge is 0.400 e. The molecule has 3 rings (SSSR count). The molecule has 1 atom stereocenters. The van der Waals surface area contributed by atoms with E-state index < -0.39 is 18.0 Å². The van der Waals surface area contributed by atoms with Crippen LogP contribution >= 0.6 is 11.6 Å². The van der Waals surface area contributed by atoms with Gasteiger partial charge in [-0.3, -0.25) is 4.79 Å². The highest BCUT2D eigenvalue weighted by Crippen LogP contribution is 2.28. The van der Waals surface area contributed by atoms with Crippen LogP contribution in [0.15, 0.2) is 46.9 Å². The number of benzene rings is 2. The number of hydrogen-bond donors (Lipinski definition) is 0. The molecule has 0 saturated heterocycles. The van der Waals surface area contributed by atoms with Crippen LogP contribution in [0.1, 0.15) is 26.7 Å². The van der Waals surface area contributed by atoms with Crippen LogP contribution in [-0.4, -0.2) is 28.0 Å². The van der Waals surface area contributed by atoms with Crippen LogP contribution < -0.4 is 9.47 Å². The van der Waals surface area contributed by atoms with E-state index in [1.54, 1.807) is 49.4 Å². The van der Waals surface area contributed by atoms with Crippen molar-refractivity contribution in [2.45, 2.75) is 32.8 Å². The highest BCUT2D eigenvalue weighted by molar-refractivity contribution is 6.31. The number of carbonyl (C=O) groups excluding carboxylic acids is 2. The lowest BCUT2D eigenvalue weighted by atomic mass is 10.3. The van der Waals surface area contributed by atoms with E-state index in [4.69, 9.17) is 35.6 Å². The standard InChI is InChI=1S/C21H18ClN3O6/c1-3-4-19(26)25(12-23)31-20(27)13(2)28-15-6-8-16(9-7-15)29-21-24-17-10-5-14(22)11-18(17)30-21/h5-11,13H,3-4H2,1-2H3. The number of rotatable bonds is 7. The van der Waals surface area contributed by atoms with E-state index in [2.05, 4.69) is 4.98 Å². The Labute approximate surface area is 182 Å². The molecule has 3 aromatic rings. The van der Waals surface area contributed by atoms with Crippen LogP contribution in [0.2, 0.25) is 5.02 Å². The van der Waals surface area contributed by atoms with E-state index in [-0.39, 0.29) is 12.5 Å². The van der Waals surface area contributed by atoms with Crippen molar-refractivity contribution >= 4 is 34.6 Å². The summed E-state index contributed by atoms with van der Waals surface area (Å²) >= 11 is 5.92. The van der Waals surface area contributed by atoms with Gasteiger partial charge >= 0.3 is 12.0 Å². The van der Waals surface area contributed by atoms with Gasteiger partial charge in [0.15, 0.2) is 11.7 Å². The molecule has 10 heteroatoms. The Kier molecular flexibility index (Phi) is 6.95. The number of fused-ring (bicyclic) bond motifs is 1. The number of oxazole rings is 1. The molecule has 0 radical (unpaired) electrons. The number of nitriles is 1. The minimum atomic E-state index is -1.06. The fraction of sp³-hybridized carbons (Fsp3) is 0.238. The van der Waals surface area contributed by atoms with Crippen LogP contribution in [0.3, 0.4) is 0 Å². The summed E-state index contributed by atoms with van der Waals surface area (Å²) < 4.78 is 16.6. The third kappa shape index (κ3) is 5.65. The van der Waals surface area contributed by atoms with Gasteiger partial charge in [-0.25, -0.2) is 4.79 Å². The number of hydrogen-bond acceptors (Lipinski definition) is 8. The summed E-state index contributed by atoms with van der Waals surface area (Å²) in [5.41, 5.74) is 1.11. The molecule has 0 bridgehead atoms. The average molecular weight is 444 g/mol. The predicted molar refractivity (Wildman–Crippen MR) is 109 cm³/mol. The maximum Gasteiger partial charge on any atom is 0.400 e. The molecule has 31 heavy (non-hydrogen) atoms. The fourth-order valence-electron chi connectivity index (χ4n) is 2.47. The molecule has 0 aliphatic rings. The first-order valence-electron chi connectivity index (χ1n) is 9.34. The molecule has 0 spiro atoms. The molecule has 0 aliphatic heterocycles. The van der Waals surface area contributed by atoms with E-state index in [1.807, 2.05) is 0 Å². The van der Waals surface area contributed by atoms with Gasteiger partial charge in [0, 0.05) is 17.5 Å². The van der Waals surface area contributed by atoms with Crippen molar-refractivity contribution in [2.24, 2.45) is 0 Å². The van der Waals surface area contributed by atoms with Crippen molar-refractivity contribution in [3.63, 3.8) is 0 Å². The molecule has 9 nitrogen and oxygen atoms in total. The maximum atomic E-state index is 12.1. The zero-order chi connectivity index (χ0) is 22.4. The lowest BCUT2D eigenvalue weighted by Gasteiger charge is -2.17. The van der Waals surface area contributed by atoms with E-state index >= 15 is 0 Å². The molecule has 2 aromatic carbocycles. The van der Waals surface area contributed by atoms with Gasteiger partial charge < -0.3 is 18.7 Å². The molecule has 1 unspecified atom stereocenters. The van der Waals surface area contributed by atoms with Gasteiger partial charge in [0.05, 0.1) is 0 Å². The number of hydroxylamine groups is 2. The van der Waals surface area contributed by atoms with Crippen LogP contribution in [0, 0.1) is 11.5 Å². The first-order valence-corrected chi connectivity index (χ1v) is 9.72. The first-order chi connectivity index (χ1) is 14.9. The van der Waals surface area contributed by atoms with Gasteiger partial charge in [0.25, 0.3) is 5.91 Å². The zero-order valence-corrected chi connectivity index (χ0v) is 17.5. The van der Waals surface area contributed by atoms with Gasteiger partial charge in [-0.1, -0.05) is 23.6 Å². The second-order valence-corrected chi connectivity index (χ2v) is 6.81. The Morgan fingerprint density at radius 3 is 2.61 bits per heavy atom. The van der Waals surface area contributed by atoms with E-state index in [9.17, 15) is 9.59 Å². The number of nitrogens with zero attached hydrogens (tertiary/aromatic N) is 3. The van der Waals surface area contributed by atoms with Gasteiger partial charge in [-0.05, 0) is 49.7 Å². The Hall–Kier alpha value is -3.77. The van der Waals surface area contributed by atoms with Gasteiger partial charge in [0.2, 0.25) is 6.19 Å². The molecular weight excluding hydrogens is 426 g/mol. The second-order valence-electron chi connectivity index (χ2n) is 6.37. The molecule has 1 amide bonds. The van der Waals surface area contributed by atoms with Crippen molar-refractivity contribution in [3.05, 3.63) is 47.5 Å². The summed E-state index contributed by atoms with van der Waals surface area (Å²) in [6, 6.07) is 11.4. The Bertz CT molecular complexity index is 1120. The predicted octanol–water partition coefficient (Wildman–Crippen LogP) is 4.61. The Morgan fingerprint density at radius 2 is 1.94 bits per heavy atom. The lowest BCUT2D eigenvalue weighted by Crippen LogP contribution is -2.35. The summed E-state index contributed by atoms with van der Waals surface area (Å²) in [7, 11) is 0. The van der Waals surface area contributed by atoms with Crippen molar-refractivity contribution in [2.75, 3.05) is 0 Å². The SMILES string of the molecule is CCCC(=O)N(C#N)OC(=O)C(C)Oc1ccc(Oc2nc3ccc(Cl)cc3o2)cc1. The lowest BCUT2D eigenvalue weighted by molar-refractivity contribution is -0.191. The molecule has 160 valence electrons. The quantitative estimate of drug-likeness (QED) is 0.295. The van der Waals surface area contributed by atoms with Crippen molar-refractivity contribution < 1.29 is 28.3 Å². The third-order valence-corrected chi connectivity index (χ3v) is 4.20. The van der Waals surface area contributed by atoms with Crippen molar-refractivity contribution in [1.82, 2.24) is 10.0 Å². The minimum Gasteiger partial charge on any atom is -0.479 e. The summed E-state index contributed by atoms with van der Waals surface area (Å²) in [6.07, 6.45) is 1.13. The van der Waals surface area contributed by atoms with Crippen molar-refractivity contribution in [1.29, 1.82) is 5.26 Å². The highest BCUT2D eigenvalue weighted by atomic mass is 35.5. The molecule has 1 heterocycles. The highest BCUT2D eigenvalue weighted by Gasteiger charge is 2.23. The first kappa shape index (κ1) is 21.9. The largest absolute Gasteiger partial charge is 0.479 e. The average Bonchev–Trinajstić information content (AvgIpc) is 3.14. The monoisotopic (exact) mass is 443 g/mol. The van der Waals surface area contributed by atoms with Gasteiger partial charge in [0.1, 0.15) is 17.0 Å². The molecule has 0 saturated carbocycles. The molecule has 0 fully saturated rings. The molecule has 0 aliphatic carbocycles. The number of halogens is 1. The van der Waals surface area contributed by atoms with E-state index in [1.165, 1.54) is 13.1 Å². The normalized spacial score (nSPS) is 11.4. The van der Waals surface area contributed by atoms with Gasteiger partial charge in [-0.2, -0.15) is 10.2 Å². The topological polar surface area (TPSA) is 115 Å². The number of carbonyl (C=O) groups is 2.